The van der Waals surface area contributed by atoms with Crippen LogP contribution < -0.4 is 15.5 Å². The average molecular weight is 375 g/mol. The van der Waals surface area contributed by atoms with Crippen molar-refractivity contribution in [2.75, 3.05) is 24.3 Å². The van der Waals surface area contributed by atoms with Gasteiger partial charge in [0.2, 0.25) is 0 Å². The molecule has 0 spiro atoms. The molecular weight excluding hydrogens is 344 g/mol. The van der Waals surface area contributed by atoms with E-state index in [1.807, 2.05) is 0 Å². The lowest BCUT2D eigenvalue weighted by molar-refractivity contribution is 0.291. The van der Waals surface area contributed by atoms with Gasteiger partial charge in [0, 0.05) is 37.2 Å². The number of anilines is 2. The lowest BCUT2D eigenvalue weighted by Gasteiger charge is -2.32. The molecule has 0 unspecified atom stereocenters. The van der Waals surface area contributed by atoms with Crippen molar-refractivity contribution in [2.24, 2.45) is 10.9 Å². The number of nitrogens with zero attached hydrogens (tertiary/aromatic N) is 2. The van der Waals surface area contributed by atoms with Crippen LogP contribution in [0.3, 0.4) is 0 Å². The summed E-state index contributed by atoms with van der Waals surface area (Å²) in [4.78, 5) is 7.17. The summed E-state index contributed by atoms with van der Waals surface area (Å²) >= 11 is 0. The van der Waals surface area contributed by atoms with Crippen LogP contribution in [0.2, 0.25) is 0 Å². The summed E-state index contributed by atoms with van der Waals surface area (Å²) in [7, 11) is 4.13. The minimum Gasteiger partial charge on any atom is -0.378 e. The van der Waals surface area contributed by atoms with Crippen LogP contribution in [0.4, 0.5) is 11.4 Å². The number of hydrogen-bond donors (Lipinski definition) is 2. The van der Waals surface area contributed by atoms with E-state index in [-0.39, 0.29) is 6.17 Å². The highest BCUT2D eigenvalue weighted by Gasteiger charge is 2.26. The molecule has 0 amide bonds. The first-order valence-electron chi connectivity index (χ1n) is 10.3. The lowest BCUT2D eigenvalue weighted by atomic mass is 9.86. The second kappa shape index (κ2) is 8.51. The van der Waals surface area contributed by atoms with Gasteiger partial charge in [-0.05, 0) is 42.5 Å². The molecule has 1 fully saturated rings. The Morgan fingerprint density at radius 2 is 1.75 bits per heavy atom. The Labute approximate surface area is 168 Å². The van der Waals surface area contributed by atoms with Gasteiger partial charge in [-0.15, -0.1) is 0 Å². The molecule has 1 saturated carbocycles. The third kappa shape index (κ3) is 4.38. The third-order valence-electron chi connectivity index (χ3n) is 5.68. The second-order valence-electron chi connectivity index (χ2n) is 8.00. The Kier molecular flexibility index (Phi) is 5.65. The van der Waals surface area contributed by atoms with Crippen molar-refractivity contribution in [3.8, 4) is 0 Å². The summed E-state index contributed by atoms with van der Waals surface area (Å²) in [5.74, 6) is 1.54. The predicted molar refractivity (Wildman–Crippen MR) is 120 cm³/mol. The molecule has 0 radical (unpaired) electrons. The minimum atomic E-state index is 0.139. The smallest absolute Gasteiger partial charge is 0.129 e. The van der Waals surface area contributed by atoms with Crippen molar-refractivity contribution in [3.63, 3.8) is 0 Å². The van der Waals surface area contributed by atoms with E-state index in [0.717, 1.165) is 17.2 Å². The molecule has 1 aliphatic carbocycles. The van der Waals surface area contributed by atoms with Crippen LogP contribution in [0, 0.1) is 5.92 Å². The first-order valence-corrected chi connectivity index (χ1v) is 10.3. The highest BCUT2D eigenvalue weighted by Crippen LogP contribution is 2.30. The third-order valence-corrected chi connectivity index (χ3v) is 5.68. The highest BCUT2D eigenvalue weighted by atomic mass is 15.2. The van der Waals surface area contributed by atoms with Crippen LogP contribution in [-0.4, -0.2) is 26.1 Å². The van der Waals surface area contributed by atoms with Crippen molar-refractivity contribution in [1.82, 2.24) is 5.32 Å². The van der Waals surface area contributed by atoms with Gasteiger partial charge in [-0.3, -0.25) is 0 Å². The summed E-state index contributed by atoms with van der Waals surface area (Å²) < 4.78 is 0. The fourth-order valence-electron chi connectivity index (χ4n) is 4.09. The fraction of sp³-hybridized carbons (Fsp3) is 0.375. The van der Waals surface area contributed by atoms with E-state index >= 15 is 0 Å². The van der Waals surface area contributed by atoms with E-state index in [9.17, 15) is 0 Å². The molecule has 146 valence electrons. The topological polar surface area (TPSA) is 39.7 Å². The van der Waals surface area contributed by atoms with Gasteiger partial charge in [0.15, 0.2) is 0 Å². The first kappa shape index (κ1) is 18.6. The van der Waals surface area contributed by atoms with Crippen molar-refractivity contribution in [1.29, 1.82) is 0 Å². The molecule has 4 nitrogen and oxygen atoms in total. The SMILES string of the molecule is CN(C)c1cccc(NC2=N[C@H](C3CCCCC3)NC(c3ccccc3)=C2)c1. The summed E-state index contributed by atoms with van der Waals surface area (Å²) in [6.07, 6.45) is 8.78. The van der Waals surface area contributed by atoms with Crippen molar-refractivity contribution >= 4 is 22.9 Å². The lowest BCUT2D eigenvalue weighted by Crippen LogP contribution is -2.39. The van der Waals surface area contributed by atoms with Gasteiger partial charge in [-0.2, -0.15) is 0 Å². The Morgan fingerprint density at radius 1 is 0.964 bits per heavy atom. The van der Waals surface area contributed by atoms with Crippen LogP contribution in [-0.2, 0) is 0 Å². The number of benzene rings is 2. The first-order chi connectivity index (χ1) is 13.7. The summed E-state index contributed by atoms with van der Waals surface area (Å²) in [6, 6.07) is 19.0. The summed E-state index contributed by atoms with van der Waals surface area (Å²) in [5, 5.41) is 7.26. The van der Waals surface area contributed by atoms with Crippen LogP contribution >= 0.6 is 0 Å². The van der Waals surface area contributed by atoms with Crippen LogP contribution in [0.5, 0.6) is 0 Å². The number of aliphatic imine (C=N–C) groups is 1. The normalized spacial score (nSPS) is 20.0. The molecule has 0 aromatic heterocycles. The molecule has 2 aromatic carbocycles. The number of amidine groups is 1. The molecule has 2 aromatic rings. The molecule has 4 heteroatoms. The molecule has 28 heavy (non-hydrogen) atoms. The van der Waals surface area contributed by atoms with Crippen molar-refractivity contribution in [3.05, 3.63) is 66.2 Å². The van der Waals surface area contributed by atoms with E-state index in [4.69, 9.17) is 4.99 Å². The van der Waals surface area contributed by atoms with Gasteiger partial charge in [0.05, 0.1) is 0 Å². The molecule has 1 heterocycles. The Hall–Kier alpha value is -2.75. The van der Waals surface area contributed by atoms with E-state index < -0.39 is 0 Å². The van der Waals surface area contributed by atoms with Gasteiger partial charge >= 0.3 is 0 Å². The maximum atomic E-state index is 5.06. The van der Waals surface area contributed by atoms with Crippen LogP contribution in [0.25, 0.3) is 5.70 Å². The van der Waals surface area contributed by atoms with Crippen molar-refractivity contribution in [2.45, 2.75) is 38.3 Å². The molecule has 2 aliphatic rings. The zero-order chi connectivity index (χ0) is 19.3. The van der Waals surface area contributed by atoms with Gasteiger partial charge in [-0.1, -0.05) is 55.7 Å². The molecular formula is C24H30N4. The maximum absolute atomic E-state index is 5.06. The highest BCUT2D eigenvalue weighted by molar-refractivity contribution is 6.08. The molecule has 1 aliphatic heterocycles. The van der Waals surface area contributed by atoms with E-state index in [1.54, 1.807) is 0 Å². The van der Waals surface area contributed by atoms with Crippen LogP contribution in [0.1, 0.15) is 37.7 Å². The zero-order valence-corrected chi connectivity index (χ0v) is 16.9. The van der Waals surface area contributed by atoms with Crippen molar-refractivity contribution < 1.29 is 0 Å². The zero-order valence-electron chi connectivity index (χ0n) is 16.9. The molecule has 0 bridgehead atoms. The molecule has 1 atom stereocenters. The number of nitrogens with one attached hydrogen (secondary N) is 2. The number of hydrogen-bond acceptors (Lipinski definition) is 4. The number of rotatable bonds is 4. The molecule has 4 rings (SSSR count). The Bertz CT molecular complexity index is 848. The fourth-order valence-corrected chi connectivity index (χ4v) is 4.09. The second-order valence-corrected chi connectivity index (χ2v) is 8.00. The monoisotopic (exact) mass is 374 g/mol. The standard InChI is InChI=1S/C24H30N4/c1-28(2)21-15-9-14-20(16-21)25-23-17-22(18-10-5-3-6-11-18)26-24(27-23)19-12-7-4-8-13-19/h3,5-6,9-11,14-17,19,24,26H,4,7-8,12-13H2,1-2H3,(H,25,27)/t24-/m1/s1. The summed E-state index contributed by atoms with van der Waals surface area (Å²) in [6.45, 7) is 0. The Morgan fingerprint density at radius 3 is 2.50 bits per heavy atom. The minimum absolute atomic E-state index is 0.139. The summed E-state index contributed by atoms with van der Waals surface area (Å²) in [5.41, 5.74) is 4.60. The average Bonchev–Trinajstić information content (AvgIpc) is 2.75. The largest absolute Gasteiger partial charge is 0.378 e. The maximum Gasteiger partial charge on any atom is 0.129 e. The van der Waals surface area contributed by atoms with Gasteiger partial charge in [0.25, 0.3) is 0 Å². The van der Waals surface area contributed by atoms with E-state index in [0.29, 0.717) is 5.92 Å². The van der Waals surface area contributed by atoms with Gasteiger partial charge in [0.1, 0.15) is 12.0 Å². The quantitative estimate of drug-likeness (QED) is 0.781. The predicted octanol–water partition coefficient (Wildman–Crippen LogP) is 5.11. The van der Waals surface area contributed by atoms with E-state index in [2.05, 4.69) is 90.3 Å². The molecule has 0 saturated heterocycles. The Balaban J connectivity index is 1.62. The van der Waals surface area contributed by atoms with Crippen LogP contribution in [0.15, 0.2) is 65.7 Å². The molecule has 2 N–H and O–H groups in total. The van der Waals surface area contributed by atoms with Gasteiger partial charge < -0.3 is 15.5 Å². The van der Waals surface area contributed by atoms with Gasteiger partial charge in [-0.25, -0.2) is 4.99 Å². The van der Waals surface area contributed by atoms with E-state index in [1.165, 1.54) is 43.4 Å².